The van der Waals surface area contributed by atoms with E-state index >= 15 is 0 Å². The summed E-state index contributed by atoms with van der Waals surface area (Å²) in [5.41, 5.74) is 7.21. The smallest absolute Gasteiger partial charge is 0.258 e. The Kier molecular flexibility index (Phi) is 2.89. The number of nitrogens with zero attached hydrogens (tertiary/aromatic N) is 2. The molecule has 0 fully saturated rings. The van der Waals surface area contributed by atoms with Crippen molar-refractivity contribution >= 4 is 15.8 Å². The van der Waals surface area contributed by atoms with Gasteiger partial charge in [0.05, 0.1) is 5.75 Å². The van der Waals surface area contributed by atoms with Gasteiger partial charge in [0.25, 0.3) is 10.0 Å². The quantitative estimate of drug-likeness (QED) is 0.887. The van der Waals surface area contributed by atoms with Crippen LogP contribution in [0.25, 0.3) is 0 Å². The van der Waals surface area contributed by atoms with Crippen molar-refractivity contribution in [3.8, 4) is 0 Å². The minimum atomic E-state index is -3.48. The number of aryl methyl sites for hydroxylation is 1. The molecular formula is C11H13N3O2S. The van der Waals surface area contributed by atoms with Crippen LogP contribution in [-0.4, -0.2) is 17.6 Å². The van der Waals surface area contributed by atoms with Crippen LogP contribution in [0.4, 0.5) is 5.82 Å². The van der Waals surface area contributed by atoms with Gasteiger partial charge < -0.3 is 5.73 Å². The predicted octanol–water partition coefficient (Wildman–Crippen LogP) is 1.15. The molecule has 0 atom stereocenters. The molecule has 90 valence electrons. The summed E-state index contributed by atoms with van der Waals surface area (Å²) in [5.74, 6) is 0.103. The first-order valence-corrected chi connectivity index (χ1v) is 6.68. The largest absolute Gasteiger partial charge is 0.382 e. The molecule has 2 aromatic rings. The van der Waals surface area contributed by atoms with Gasteiger partial charge in [0.15, 0.2) is 0 Å². The first-order valence-electron chi connectivity index (χ1n) is 5.07. The number of rotatable bonds is 3. The molecule has 0 spiro atoms. The van der Waals surface area contributed by atoms with Crippen LogP contribution in [-0.2, 0) is 15.8 Å². The van der Waals surface area contributed by atoms with Crippen molar-refractivity contribution in [2.45, 2.75) is 12.7 Å². The molecule has 0 amide bonds. The molecule has 6 heteroatoms. The van der Waals surface area contributed by atoms with Gasteiger partial charge in [-0.1, -0.05) is 29.8 Å². The second-order valence-electron chi connectivity index (χ2n) is 3.85. The van der Waals surface area contributed by atoms with E-state index < -0.39 is 10.0 Å². The Balaban J connectivity index is 2.26. The van der Waals surface area contributed by atoms with Gasteiger partial charge in [0, 0.05) is 12.3 Å². The maximum absolute atomic E-state index is 11.9. The molecular weight excluding hydrogens is 238 g/mol. The summed E-state index contributed by atoms with van der Waals surface area (Å²) in [7, 11) is -3.48. The lowest BCUT2D eigenvalue weighted by atomic mass is 10.2. The molecule has 1 aromatic carbocycles. The molecule has 5 nitrogen and oxygen atoms in total. The molecule has 17 heavy (non-hydrogen) atoms. The van der Waals surface area contributed by atoms with Crippen molar-refractivity contribution in [1.82, 2.24) is 9.19 Å². The summed E-state index contributed by atoms with van der Waals surface area (Å²) < 4.78 is 24.8. The van der Waals surface area contributed by atoms with Crippen LogP contribution in [0.3, 0.4) is 0 Å². The normalized spacial score (nSPS) is 11.6. The van der Waals surface area contributed by atoms with Crippen molar-refractivity contribution < 1.29 is 8.42 Å². The molecule has 2 N–H and O–H groups in total. The highest BCUT2D eigenvalue weighted by molar-refractivity contribution is 7.89. The van der Waals surface area contributed by atoms with Crippen LogP contribution in [0.1, 0.15) is 11.1 Å². The lowest BCUT2D eigenvalue weighted by Gasteiger charge is -2.04. The topological polar surface area (TPSA) is 78.0 Å². The average Bonchev–Trinajstić information content (AvgIpc) is 2.69. The third-order valence-electron chi connectivity index (χ3n) is 2.34. The molecule has 0 aliphatic heterocycles. The lowest BCUT2D eigenvalue weighted by molar-refractivity contribution is 0.579. The molecule has 1 aromatic heterocycles. The van der Waals surface area contributed by atoms with Gasteiger partial charge in [-0.05, 0) is 12.5 Å². The Morgan fingerprint density at radius 2 is 1.88 bits per heavy atom. The summed E-state index contributed by atoms with van der Waals surface area (Å²) in [5, 5.41) is 3.70. The Hall–Kier alpha value is -1.82. The first-order chi connectivity index (χ1) is 7.97. The molecule has 0 saturated carbocycles. The van der Waals surface area contributed by atoms with Gasteiger partial charge in [-0.25, -0.2) is 8.42 Å². The molecule has 0 aliphatic rings. The fourth-order valence-electron chi connectivity index (χ4n) is 1.44. The van der Waals surface area contributed by atoms with E-state index in [0.717, 1.165) is 15.2 Å². The summed E-state index contributed by atoms with van der Waals surface area (Å²) in [6, 6.07) is 8.79. The van der Waals surface area contributed by atoms with Crippen molar-refractivity contribution in [3.05, 3.63) is 47.7 Å². The van der Waals surface area contributed by atoms with E-state index in [4.69, 9.17) is 5.73 Å². The van der Waals surface area contributed by atoms with Gasteiger partial charge in [-0.3, -0.25) is 0 Å². The molecule has 2 rings (SSSR count). The number of benzene rings is 1. The van der Waals surface area contributed by atoms with E-state index in [1.807, 2.05) is 19.1 Å². The SMILES string of the molecule is Cc1ccc(CS(=O)(=O)n2ccc(N)n2)cc1. The Bertz CT molecular complexity index is 614. The second kappa shape index (κ2) is 4.21. The highest BCUT2D eigenvalue weighted by atomic mass is 32.2. The monoisotopic (exact) mass is 251 g/mol. The summed E-state index contributed by atoms with van der Waals surface area (Å²) in [6.07, 6.45) is 1.35. The zero-order valence-corrected chi connectivity index (χ0v) is 10.2. The van der Waals surface area contributed by atoms with Crippen molar-refractivity contribution in [3.63, 3.8) is 0 Å². The number of aromatic nitrogens is 2. The zero-order valence-electron chi connectivity index (χ0n) is 9.37. The zero-order chi connectivity index (χ0) is 12.5. The lowest BCUT2D eigenvalue weighted by Crippen LogP contribution is -2.15. The maximum Gasteiger partial charge on any atom is 0.258 e. The number of hydrogen-bond donors (Lipinski definition) is 1. The summed E-state index contributed by atoms with van der Waals surface area (Å²) >= 11 is 0. The number of anilines is 1. The van der Waals surface area contributed by atoms with E-state index in [0.29, 0.717) is 0 Å². The van der Waals surface area contributed by atoms with E-state index in [9.17, 15) is 8.42 Å². The summed E-state index contributed by atoms with van der Waals surface area (Å²) in [4.78, 5) is 0. The molecule has 0 radical (unpaired) electrons. The van der Waals surface area contributed by atoms with E-state index in [-0.39, 0.29) is 11.6 Å². The molecule has 0 bridgehead atoms. The van der Waals surface area contributed by atoms with E-state index in [2.05, 4.69) is 5.10 Å². The minimum Gasteiger partial charge on any atom is -0.382 e. The highest BCUT2D eigenvalue weighted by Crippen LogP contribution is 2.10. The van der Waals surface area contributed by atoms with E-state index in [1.165, 1.54) is 12.3 Å². The highest BCUT2D eigenvalue weighted by Gasteiger charge is 2.15. The van der Waals surface area contributed by atoms with Gasteiger partial charge in [0.1, 0.15) is 5.82 Å². The number of nitrogen functional groups attached to an aromatic ring is 1. The van der Waals surface area contributed by atoms with Crippen LogP contribution in [0.2, 0.25) is 0 Å². The van der Waals surface area contributed by atoms with Crippen LogP contribution >= 0.6 is 0 Å². The Labute approximate surface area is 99.9 Å². The Morgan fingerprint density at radius 3 is 2.41 bits per heavy atom. The van der Waals surface area contributed by atoms with Crippen LogP contribution in [0, 0.1) is 6.92 Å². The van der Waals surface area contributed by atoms with Gasteiger partial charge in [0.2, 0.25) is 0 Å². The molecule has 1 heterocycles. The maximum atomic E-state index is 11.9. The fourth-order valence-corrected chi connectivity index (χ4v) is 2.65. The van der Waals surface area contributed by atoms with Crippen LogP contribution in [0.15, 0.2) is 36.5 Å². The minimum absolute atomic E-state index is 0.0889. The summed E-state index contributed by atoms with van der Waals surface area (Å²) in [6.45, 7) is 1.95. The average molecular weight is 251 g/mol. The third-order valence-corrected chi connectivity index (χ3v) is 3.81. The number of hydrogen-bond acceptors (Lipinski definition) is 4. The van der Waals surface area contributed by atoms with Crippen LogP contribution < -0.4 is 5.73 Å². The standard InChI is InChI=1S/C11H13N3O2S/c1-9-2-4-10(5-3-9)8-17(15,16)14-7-6-11(12)13-14/h2-7H,8H2,1H3,(H2,12,13). The first kappa shape index (κ1) is 11.7. The van der Waals surface area contributed by atoms with Crippen LogP contribution in [0.5, 0.6) is 0 Å². The van der Waals surface area contributed by atoms with E-state index in [1.54, 1.807) is 12.1 Å². The van der Waals surface area contributed by atoms with Gasteiger partial charge in [-0.15, -0.1) is 5.10 Å². The van der Waals surface area contributed by atoms with Gasteiger partial charge >= 0.3 is 0 Å². The molecule has 0 unspecified atom stereocenters. The van der Waals surface area contributed by atoms with Crippen molar-refractivity contribution in [2.75, 3.05) is 5.73 Å². The second-order valence-corrected chi connectivity index (χ2v) is 5.68. The van der Waals surface area contributed by atoms with Gasteiger partial charge in [-0.2, -0.15) is 4.09 Å². The predicted molar refractivity (Wildman–Crippen MR) is 65.8 cm³/mol. The Morgan fingerprint density at radius 1 is 1.24 bits per heavy atom. The number of nitrogens with two attached hydrogens (primary N) is 1. The van der Waals surface area contributed by atoms with Crippen molar-refractivity contribution in [1.29, 1.82) is 0 Å². The molecule has 0 aliphatic carbocycles. The van der Waals surface area contributed by atoms with Crippen molar-refractivity contribution in [2.24, 2.45) is 0 Å². The third kappa shape index (κ3) is 2.65. The molecule has 0 saturated heterocycles. The fraction of sp³-hybridized carbons (Fsp3) is 0.182.